The second kappa shape index (κ2) is 7.03. The fourth-order valence-corrected chi connectivity index (χ4v) is 4.11. The second-order valence-corrected chi connectivity index (χ2v) is 7.76. The van der Waals surface area contributed by atoms with Gasteiger partial charge in [-0.2, -0.15) is 0 Å². The van der Waals surface area contributed by atoms with Crippen LogP contribution in [0.25, 0.3) is 0 Å². The summed E-state index contributed by atoms with van der Waals surface area (Å²) in [4.78, 5) is 21.9. The van der Waals surface area contributed by atoms with Crippen molar-refractivity contribution in [3.8, 4) is 0 Å². The number of anilines is 1. The van der Waals surface area contributed by atoms with Gasteiger partial charge in [-0.1, -0.05) is 25.4 Å². The average molecular weight is 353 g/mol. The number of rotatable bonds is 4. The molecule has 0 aliphatic carbocycles. The Kier molecular flexibility index (Phi) is 5.04. The van der Waals surface area contributed by atoms with Gasteiger partial charge in [0, 0.05) is 31.2 Å². The van der Waals surface area contributed by atoms with Gasteiger partial charge in [0.15, 0.2) is 5.13 Å². The lowest BCUT2D eigenvalue weighted by atomic mass is 9.92. The van der Waals surface area contributed by atoms with Crippen LogP contribution in [0.4, 0.5) is 5.13 Å². The van der Waals surface area contributed by atoms with Crippen molar-refractivity contribution in [2.24, 2.45) is 11.8 Å². The van der Waals surface area contributed by atoms with Crippen LogP contribution in [0.15, 0.2) is 17.6 Å². The van der Waals surface area contributed by atoms with Crippen LogP contribution in [0.5, 0.6) is 0 Å². The van der Waals surface area contributed by atoms with Gasteiger partial charge in [0.1, 0.15) is 5.69 Å². The fraction of sp³-hybridized carbons (Fsp3) is 0.500. The molecule has 23 heavy (non-hydrogen) atoms. The number of nitrogens with one attached hydrogen (secondary N) is 2. The van der Waals surface area contributed by atoms with Gasteiger partial charge >= 0.3 is 0 Å². The number of amides is 1. The maximum atomic E-state index is 12.1. The zero-order valence-electron chi connectivity index (χ0n) is 13.3. The SMILES string of the molecule is C[C@H]1C[C@H](C)CN(Cc2csc(NC(=O)c3cc(Cl)c[nH]3)n2)C1. The predicted octanol–water partition coefficient (Wildman–Crippen LogP) is 3.85. The molecule has 0 radical (unpaired) electrons. The molecule has 5 nitrogen and oxygen atoms in total. The third-order valence-electron chi connectivity index (χ3n) is 3.99. The molecular weight excluding hydrogens is 332 g/mol. The smallest absolute Gasteiger partial charge is 0.273 e. The van der Waals surface area contributed by atoms with Gasteiger partial charge in [-0.25, -0.2) is 4.98 Å². The number of hydrogen-bond donors (Lipinski definition) is 2. The van der Waals surface area contributed by atoms with Crippen molar-refractivity contribution in [1.82, 2.24) is 14.9 Å². The van der Waals surface area contributed by atoms with E-state index in [0.29, 0.717) is 15.8 Å². The van der Waals surface area contributed by atoms with Crippen LogP contribution in [0.1, 0.15) is 36.5 Å². The maximum absolute atomic E-state index is 12.1. The minimum atomic E-state index is -0.224. The van der Waals surface area contributed by atoms with Gasteiger partial charge in [-0.15, -0.1) is 11.3 Å². The molecule has 0 spiro atoms. The highest BCUT2D eigenvalue weighted by molar-refractivity contribution is 7.13. The van der Waals surface area contributed by atoms with Crippen LogP contribution >= 0.6 is 22.9 Å². The van der Waals surface area contributed by atoms with E-state index in [1.165, 1.54) is 17.8 Å². The molecule has 0 unspecified atom stereocenters. The highest BCUT2D eigenvalue weighted by Gasteiger charge is 2.22. The second-order valence-electron chi connectivity index (χ2n) is 6.47. The molecule has 1 fully saturated rings. The largest absolute Gasteiger partial charge is 0.356 e. The van der Waals surface area contributed by atoms with Gasteiger partial charge in [-0.3, -0.25) is 15.0 Å². The first-order valence-electron chi connectivity index (χ1n) is 7.81. The van der Waals surface area contributed by atoms with Crippen LogP contribution in [0.3, 0.4) is 0 Å². The van der Waals surface area contributed by atoms with Gasteiger partial charge in [0.25, 0.3) is 5.91 Å². The summed E-state index contributed by atoms with van der Waals surface area (Å²) in [6.45, 7) is 7.68. The number of nitrogens with zero attached hydrogens (tertiary/aromatic N) is 2. The Morgan fingerprint density at radius 3 is 2.87 bits per heavy atom. The first-order valence-corrected chi connectivity index (χ1v) is 9.07. The van der Waals surface area contributed by atoms with E-state index < -0.39 is 0 Å². The molecule has 7 heteroatoms. The van der Waals surface area contributed by atoms with Crippen LogP contribution in [0.2, 0.25) is 5.02 Å². The lowest BCUT2D eigenvalue weighted by molar-refractivity contribution is 0.102. The summed E-state index contributed by atoms with van der Waals surface area (Å²) in [5.41, 5.74) is 1.45. The van der Waals surface area contributed by atoms with Gasteiger partial charge in [0.2, 0.25) is 0 Å². The summed E-state index contributed by atoms with van der Waals surface area (Å²) in [5, 5.41) is 5.96. The van der Waals surface area contributed by atoms with Crippen molar-refractivity contribution in [3.05, 3.63) is 34.1 Å². The van der Waals surface area contributed by atoms with E-state index in [0.717, 1.165) is 37.2 Å². The molecule has 0 saturated carbocycles. The predicted molar refractivity (Wildman–Crippen MR) is 94.1 cm³/mol. The first kappa shape index (κ1) is 16.5. The Morgan fingerprint density at radius 2 is 2.22 bits per heavy atom. The van der Waals surface area contributed by atoms with E-state index in [4.69, 9.17) is 11.6 Å². The van der Waals surface area contributed by atoms with E-state index in [9.17, 15) is 4.79 Å². The van der Waals surface area contributed by atoms with Gasteiger partial charge in [-0.05, 0) is 24.3 Å². The first-order chi connectivity index (χ1) is 11.0. The van der Waals surface area contributed by atoms with Crippen molar-refractivity contribution in [2.75, 3.05) is 18.4 Å². The third-order valence-corrected chi connectivity index (χ3v) is 5.02. The highest BCUT2D eigenvalue weighted by atomic mass is 35.5. The molecule has 1 aliphatic rings. The number of halogens is 1. The number of thiazole rings is 1. The Hall–Kier alpha value is -1.37. The molecule has 2 N–H and O–H groups in total. The average Bonchev–Trinajstić information content (AvgIpc) is 3.07. The third kappa shape index (κ3) is 4.34. The Labute approximate surface area is 145 Å². The van der Waals surface area contributed by atoms with Crippen LogP contribution in [0, 0.1) is 11.8 Å². The molecule has 3 rings (SSSR count). The molecule has 0 bridgehead atoms. The van der Waals surface area contributed by atoms with Crippen LogP contribution in [-0.4, -0.2) is 33.9 Å². The molecular formula is C16H21ClN4OS. The zero-order valence-corrected chi connectivity index (χ0v) is 14.9. The summed E-state index contributed by atoms with van der Waals surface area (Å²) in [7, 11) is 0. The molecule has 2 aromatic rings. The van der Waals surface area contributed by atoms with E-state index in [1.807, 2.05) is 5.38 Å². The highest BCUT2D eigenvalue weighted by Crippen LogP contribution is 2.24. The van der Waals surface area contributed by atoms with E-state index in [2.05, 4.69) is 34.0 Å². The lowest BCUT2D eigenvalue weighted by Crippen LogP contribution is -2.38. The number of piperidine rings is 1. The summed E-state index contributed by atoms with van der Waals surface area (Å²) >= 11 is 7.27. The summed E-state index contributed by atoms with van der Waals surface area (Å²) in [6.07, 6.45) is 2.88. The van der Waals surface area contributed by atoms with Crippen molar-refractivity contribution >= 4 is 34.0 Å². The number of carbonyl (C=O) groups excluding carboxylic acids is 1. The molecule has 2 atom stereocenters. The standard InChI is InChI=1S/C16H21ClN4OS/c1-10-3-11(2)7-21(6-10)8-13-9-23-16(19-13)20-15(22)14-4-12(17)5-18-14/h4-5,9-11,18H,3,6-8H2,1-2H3,(H,19,20,22)/t10-,11-/m0/s1. The molecule has 1 amide bonds. The van der Waals surface area contributed by atoms with E-state index >= 15 is 0 Å². The fourth-order valence-electron chi connectivity index (χ4n) is 3.25. The number of H-pyrrole nitrogens is 1. The zero-order chi connectivity index (χ0) is 16.4. The number of carbonyl (C=O) groups is 1. The van der Waals surface area contributed by atoms with E-state index in [1.54, 1.807) is 12.3 Å². The van der Waals surface area contributed by atoms with Crippen LogP contribution < -0.4 is 5.32 Å². The number of aromatic amines is 1. The minimum Gasteiger partial charge on any atom is -0.356 e. The molecule has 3 heterocycles. The van der Waals surface area contributed by atoms with Crippen molar-refractivity contribution in [1.29, 1.82) is 0 Å². The monoisotopic (exact) mass is 352 g/mol. The quantitative estimate of drug-likeness (QED) is 0.878. The Bertz CT molecular complexity index is 673. The number of hydrogen-bond acceptors (Lipinski definition) is 4. The molecule has 0 aromatic carbocycles. The summed E-state index contributed by atoms with van der Waals surface area (Å²) < 4.78 is 0. The summed E-state index contributed by atoms with van der Waals surface area (Å²) in [5.74, 6) is 1.24. The van der Waals surface area contributed by atoms with Crippen molar-refractivity contribution < 1.29 is 4.79 Å². The summed E-state index contributed by atoms with van der Waals surface area (Å²) in [6, 6.07) is 1.60. The lowest BCUT2D eigenvalue weighted by Gasteiger charge is -2.34. The molecule has 1 saturated heterocycles. The van der Waals surface area contributed by atoms with Crippen molar-refractivity contribution in [3.63, 3.8) is 0 Å². The van der Waals surface area contributed by atoms with Crippen molar-refractivity contribution in [2.45, 2.75) is 26.8 Å². The number of likely N-dealkylation sites (tertiary alicyclic amines) is 1. The number of aromatic nitrogens is 2. The van der Waals surface area contributed by atoms with Crippen LogP contribution in [-0.2, 0) is 6.54 Å². The minimum absolute atomic E-state index is 0.224. The topological polar surface area (TPSA) is 61.0 Å². The maximum Gasteiger partial charge on any atom is 0.273 e. The Morgan fingerprint density at radius 1 is 1.48 bits per heavy atom. The van der Waals surface area contributed by atoms with Gasteiger partial charge in [0.05, 0.1) is 10.7 Å². The normalized spacial score (nSPS) is 22.2. The molecule has 1 aliphatic heterocycles. The van der Waals surface area contributed by atoms with E-state index in [-0.39, 0.29) is 5.91 Å². The Balaban J connectivity index is 1.58. The molecule has 124 valence electrons. The molecule has 2 aromatic heterocycles. The van der Waals surface area contributed by atoms with Gasteiger partial charge < -0.3 is 4.98 Å².